The molecule has 0 radical (unpaired) electrons. The predicted octanol–water partition coefficient (Wildman–Crippen LogP) is 2.63. The third kappa shape index (κ3) is 5.67. The summed E-state index contributed by atoms with van der Waals surface area (Å²) >= 11 is 6.14. The Morgan fingerprint density at radius 2 is 1.96 bits per heavy atom. The summed E-state index contributed by atoms with van der Waals surface area (Å²) in [6.45, 7) is 8.64. The van der Waals surface area contributed by atoms with E-state index in [0.29, 0.717) is 0 Å². The number of nitrogens with zero attached hydrogens (tertiary/aromatic N) is 1. The molecule has 2 rings (SSSR count). The van der Waals surface area contributed by atoms with E-state index in [2.05, 4.69) is 21.9 Å². The minimum Gasteiger partial charge on any atom is -0.349 e. The second-order valence-corrected chi connectivity index (χ2v) is 9.13. The van der Waals surface area contributed by atoms with E-state index in [0.717, 1.165) is 38.9 Å². The van der Waals surface area contributed by atoms with Crippen LogP contribution in [-0.2, 0) is 10.0 Å². The molecule has 1 aliphatic heterocycles. The molecule has 0 unspecified atom stereocenters. The average Bonchev–Trinajstić information content (AvgIpc) is 2.56. The Morgan fingerprint density at radius 3 is 2.54 bits per heavy atom. The smallest absolute Gasteiger partial charge is 0.253 e. The quantitative estimate of drug-likeness (QED) is 0.736. The summed E-state index contributed by atoms with van der Waals surface area (Å²) in [7, 11) is -3.67. The van der Waals surface area contributed by atoms with Crippen LogP contribution in [0.4, 0.5) is 0 Å². The van der Waals surface area contributed by atoms with Crippen molar-refractivity contribution in [1.29, 1.82) is 0 Å². The van der Waals surface area contributed by atoms with Gasteiger partial charge in [-0.05, 0) is 57.9 Å². The van der Waals surface area contributed by atoms with Gasteiger partial charge in [-0.1, -0.05) is 18.5 Å². The molecule has 26 heavy (non-hydrogen) atoms. The van der Waals surface area contributed by atoms with Gasteiger partial charge in [-0.25, -0.2) is 13.1 Å². The maximum atomic E-state index is 12.6. The van der Waals surface area contributed by atoms with Crippen molar-refractivity contribution in [2.75, 3.05) is 19.6 Å². The minimum atomic E-state index is -3.67. The molecule has 1 heterocycles. The first-order valence-electron chi connectivity index (χ1n) is 9.08. The summed E-state index contributed by atoms with van der Waals surface area (Å²) < 4.78 is 27.2. The molecule has 0 bridgehead atoms. The Labute approximate surface area is 161 Å². The van der Waals surface area contributed by atoms with Crippen LogP contribution in [0.15, 0.2) is 23.1 Å². The topological polar surface area (TPSA) is 78.5 Å². The van der Waals surface area contributed by atoms with Crippen molar-refractivity contribution in [1.82, 2.24) is 14.9 Å². The lowest BCUT2D eigenvalue weighted by atomic mass is 10.0. The van der Waals surface area contributed by atoms with Gasteiger partial charge in [-0.2, -0.15) is 0 Å². The lowest BCUT2D eigenvalue weighted by molar-refractivity contribution is 0.0911. The minimum absolute atomic E-state index is 0.0403. The Balaban J connectivity index is 2.08. The standard InChI is InChI=1S/C18H28ClN3O3S/c1-4-9-22-10-7-14(8-11-22)20-18(23)16-12-15(5-6-17(16)19)26(24,25)21-13(2)3/h5-6,12-14,21H,4,7-11H2,1-3H3,(H,20,23). The SMILES string of the molecule is CCCN1CCC(NC(=O)c2cc(S(=O)(=O)NC(C)C)ccc2Cl)CC1. The fourth-order valence-corrected chi connectivity index (χ4v) is 4.58. The normalized spacial score (nSPS) is 16.8. The van der Waals surface area contributed by atoms with E-state index in [4.69, 9.17) is 11.6 Å². The number of benzene rings is 1. The lowest BCUT2D eigenvalue weighted by Gasteiger charge is -2.32. The third-order valence-electron chi connectivity index (χ3n) is 4.35. The van der Waals surface area contributed by atoms with Gasteiger partial charge in [0, 0.05) is 25.2 Å². The van der Waals surface area contributed by atoms with Gasteiger partial charge in [0.1, 0.15) is 0 Å². The highest BCUT2D eigenvalue weighted by molar-refractivity contribution is 7.89. The van der Waals surface area contributed by atoms with Crippen LogP contribution in [0.1, 0.15) is 50.4 Å². The lowest BCUT2D eigenvalue weighted by Crippen LogP contribution is -2.44. The molecule has 1 fully saturated rings. The van der Waals surface area contributed by atoms with E-state index < -0.39 is 10.0 Å². The molecule has 1 aromatic rings. The van der Waals surface area contributed by atoms with Gasteiger partial charge in [0.05, 0.1) is 15.5 Å². The molecule has 2 N–H and O–H groups in total. The number of nitrogens with one attached hydrogen (secondary N) is 2. The third-order valence-corrected chi connectivity index (χ3v) is 6.33. The van der Waals surface area contributed by atoms with Gasteiger partial charge < -0.3 is 10.2 Å². The van der Waals surface area contributed by atoms with Crippen LogP contribution in [0.25, 0.3) is 0 Å². The molecule has 0 aromatic heterocycles. The van der Waals surface area contributed by atoms with Crippen LogP contribution >= 0.6 is 11.6 Å². The van der Waals surface area contributed by atoms with E-state index >= 15 is 0 Å². The van der Waals surface area contributed by atoms with Gasteiger partial charge in [-0.15, -0.1) is 0 Å². The molecular weight excluding hydrogens is 374 g/mol. The number of carbonyl (C=O) groups is 1. The molecule has 8 heteroatoms. The van der Waals surface area contributed by atoms with Crippen molar-refractivity contribution in [3.05, 3.63) is 28.8 Å². The van der Waals surface area contributed by atoms with Crippen LogP contribution in [0, 0.1) is 0 Å². The highest BCUT2D eigenvalue weighted by atomic mass is 35.5. The zero-order valence-corrected chi connectivity index (χ0v) is 17.2. The van der Waals surface area contributed by atoms with E-state index in [1.807, 2.05) is 0 Å². The van der Waals surface area contributed by atoms with Gasteiger partial charge in [-0.3, -0.25) is 4.79 Å². The van der Waals surface area contributed by atoms with Crippen molar-refractivity contribution in [3.8, 4) is 0 Å². The highest BCUT2D eigenvalue weighted by Gasteiger charge is 2.23. The number of hydrogen-bond acceptors (Lipinski definition) is 4. The number of sulfonamides is 1. The van der Waals surface area contributed by atoms with Crippen molar-refractivity contribution >= 4 is 27.5 Å². The van der Waals surface area contributed by atoms with Crippen LogP contribution in [0.3, 0.4) is 0 Å². The first-order valence-corrected chi connectivity index (χ1v) is 10.9. The summed E-state index contributed by atoms with van der Waals surface area (Å²) in [5.41, 5.74) is 0.189. The number of piperidine rings is 1. The van der Waals surface area contributed by atoms with Gasteiger partial charge >= 0.3 is 0 Å². The average molecular weight is 402 g/mol. The molecular formula is C18H28ClN3O3S. The molecule has 0 saturated carbocycles. The van der Waals surface area contributed by atoms with Crippen molar-refractivity contribution in [2.24, 2.45) is 0 Å². The van der Waals surface area contributed by atoms with E-state index in [1.165, 1.54) is 18.2 Å². The number of rotatable bonds is 7. The van der Waals surface area contributed by atoms with Gasteiger partial charge in [0.15, 0.2) is 0 Å². The van der Waals surface area contributed by atoms with Crippen LogP contribution < -0.4 is 10.0 Å². The number of carbonyl (C=O) groups excluding carboxylic acids is 1. The fourth-order valence-electron chi connectivity index (χ4n) is 3.10. The zero-order chi connectivity index (χ0) is 19.3. The second kappa shape index (κ2) is 9.17. The summed E-state index contributed by atoms with van der Waals surface area (Å²) in [6, 6.07) is 4.05. The summed E-state index contributed by atoms with van der Waals surface area (Å²) in [6.07, 6.45) is 2.89. The Hall–Kier alpha value is -1.15. The molecule has 6 nitrogen and oxygen atoms in total. The molecule has 0 atom stereocenters. The summed E-state index contributed by atoms with van der Waals surface area (Å²) in [5.74, 6) is -0.328. The Bertz CT molecular complexity index is 729. The summed E-state index contributed by atoms with van der Waals surface area (Å²) in [5, 5.41) is 3.24. The molecule has 146 valence electrons. The molecule has 1 saturated heterocycles. The van der Waals surface area contributed by atoms with E-state index in [1.54, 1.807) is 13.8 Å². The first-order chi connectivity index (χ1) is 12.2. The van der Waals surface area contributed by atoms with Crippen molar-refractivity contribution in [2.45, 2.75) is 57.0 Å². The summed E-state index contributed by atoms with van der Waals surface area (Å²) in [4.78, 5) is 15.0. The largest absolute Gasteiger partial charge is 0.349 e. The first kappa shape index (κ1) is 21.2. The predicted molar refractivity (Wildman–Crippen MR) is 104 cm³/mol. The molecule has 1 aromatic carbocycles. The molecule has 0 spiro atoms. The van der Waals surface area contributed by atoms with Gasteiger partial charge in [0.25, 0.3) is 5.91 Å². The number of amides is 1. The number of halogens is 1. The number of hydrogen-bond donors (Lipinski definition) is 2. The molecule has 1 amide bonds. The Morgan fingerprint density at radius 1 is 1.31 bits per heavy atom. The number of likely N-dealkylation sites (tertiary alicyclic amines) is 1. The van der Waals surface area contributed by atoms with E-state index in [-0.39, 0.29) is 33.5 Å². The maximum Gasteiger partial charge on any atom is 0.253 e. The molecule has 1 aliphatic rings. The zero-order valence-electron chi connectivity index (χ0n) is 15.6. The van der Waals surface area contributed by atoms with Crippen LogP contribution in [0.5, 0.6) is 0 Å². The second-order valence-electron chi connectivity index (χ2n) is 7.01. The fraction of sp³-hybridized carbons (Fsp3) is 0.611. The molecule has 0 aliphatic carbocycles. The monoisotopic (exact) mass is 401 g/mol. The highest BCUT2D eigenvalue weighted by Crippen LogP contribution is 2.21. The van der Waals surface area contributed by atoms with Crippen LogP contribution in [0.2, 0.25) is 5.02 Å². The van der Waals surface area contributed by atoms with Crippen LogP contribution in [-0.4, -0.2) is 50.9 Å². The van der Waals surface area contributed by atoms with Crippen molar-refractivity contribution < 1.29 is 13.2 Å². The van der Waals surface area contributed by atoms with E-state index in [9.17, 15) is 13.2 Å². The maximum absolute atomic E-state index is 12.6. The van der Waals surface area contributed by atoms with Crippen molar-refractivity contribution in [3.63, 3.8) is 0 Å². The Kier molecular flexibility index (Phi) is 7.46. The van der Waals surface area contributed by atoms with Gasteiger partial charge in [0.2, 0.25) is 10.0 Å².